The Balaban J connectivity index is 1.67. The van der Waals surface area contributed by atoms with Gasteiger partial charge in [-0.2, -0.15) is 0 Å². The number of hydrogen-bond donors (Lipinski definition) is 1. The standard InChI is InChI=1S/C14H17N3O/c1-3-13(14-16-7-10-18-14)4-2-12(1)11-17-8-5-15-6-9-17/h1-4,7,10,15H,5-6,8-9,11H2. The zero-order valence-electron chi connectivity index (χ0n) is 10.3. The molecule has 1 aliphatic rings. The highest BCUT2D eigenvalue weighted by Gasteiger charge is 2.10. The van der Waals surface area contributed by atoms with Crippen LogP contribution in [0.25, 0.3) is 11.5 Å². The fraction of sp³-hybridized carbons (Fsp3) is 0.357. The van der Waals surface area contributed by atoms with Crippen LogP contribution in [0, 0.1) is 0 Å². The molecule has 1 fully saturated rings. The molecule has 94 valence electrons. The molecule has 0 atom stereocenters. The van der Waals surface area contributed by atoms with E-state index < -0.39 is 0 Å². The van der Waals surface area contributed by atoms with Crippen molar-refractivity contribution in [3.05, 3.63) is 42.3 Å². The Morgan fingerprint density at radius 3 is 2.61 bits per heavy atom. The number of benzene rings is 1. The third-order valence-corrected chi connectivity index (χ3v) is 3.25. The van der Waals surface area contributed by atoms with Crippen LogP contribution in [0.4, 0.5) is 0 Å². The van der Waals surface area contributed by atoms with Gasteiger partial charge in [-0.05, 0) is 17.7 Å². The van der Waals surface area contributed by atoms with E-state index in [1.165, 1.54) is 5.56 Å². The van der Waals surface area contributed by atoms with Crippen molar-refractivity contribution in [2.75, 3.05) is 26.2 Å². The molecule has 0 aliphatic carbocycles. The molecule has 0 amide bonds. The number of hydrogen-bond acceptors (Lipinski definition) is 4. The highest BCUT2D eigenvalue weighted by atomic mass is 16.3. The minimum Gasteiger partial charge on any atom is -0.445 e. The Bertz CT molecular complexity index is 472. The Hall–Kier alpha value is -1.65. The monoisotopic (exact) mass is 243 g/mol. The van der Waals surface area contributed by atoms with Crippen LogP contribution in [-0.2, 0) is 6.54 Å². The molecule has 0 bridgehead atoms. The molecule has 4 nitrogen and oxygen atoms in total. The lowest BCUT2D eigenvalue weighted by molar-refractivity contribution is 0.233. The summed E-state index contributed by atoms with van der Waals surface area (Å²) < 4.78 is 5.28. The van der Waals surface area contributed by atoms with Crippen LogP contribution in [0.5, 0.6) is 0 Å². The van der Waals surface area contributed by atoms with E-state index in [0.29, 0.717) is 5.89 Å². The second-order valence-corrected chi connectivity index (χ2v) is 4.56. The van der Waals surface area contributed by atoms with E-state index in [1.54, 1.807) is 12.5 Å². The normalized spacial score (nSPS) is 16.9. The molecule has 1 aromatic carbocycles. The first-order valence-corrected chi connectivity index (χ1v) is 6.34. The second-order valence-electron chi connectivity index (χ2n) is 4.56. The minimum absolute atomic E-state index is 0.684. The Morgan fingerprint density at radius 1 is 1.17 bits per heavy atom. The summed E-state index contributed by atoms with van der Waals surface area (Å²) in [7, 11) is 0. The van der Waals surface area contributed by atoms with Crippen molar-refractivity contribution in [1.29, 1.82) is 0 Å². The van der Waals surface area contributed by atoms with Gasteiger partial charge < -0.3 is 9.73 Å². The smallest absolute Gasteiger partial charge is 0.225 e. The lowest BCUT2D eigenvalue weighted by Gasteiger charge is -2.27. The number of nitrogens with one attached hydrogen (secondary N) is 1. The average molecular weight is 243 g/mol. The SMILES string of the molecule is c1coc(-c2ccc(CN3CCNCC3)cc2)n1. The van der Waals surface area contributed by atoms with Crippen LogP contribution in [0.2, 0.25) is 0 Å². The quantitative estimate of drug-likeness (QED) is 0.891. The van der Waals surface area contributed by atoms with Crippen molar-refractivity contribution in [2.24, 2.45) is 0 Å². The summed E-state index contributed by atoms with van der Waals surface area (Å²) in [6.45, 7) is 5.46. The van der Waals surface area contributed by atoms with Gasteiger partial charge in [0.25, 0.3) is 0 Å². The summed E-state index contributed by atoms with van der Waals surface area (Å²) in [6, 6.07) is 8.45. The maximum absolute atomic E-state index is 5.28. The van der Waals surface area contributed by atoms with E-state index in [9.17, 15) is 0 Å². The van der Waals surface area contributed by atoms with Crippen molar-refractivity contribution in [2.45, 2.75) is 6.54 Å². The number of rotatable bonds is 3. The van der Waals surface area contributed by atoms with Gasteiger partial charge in [0.2, 0.25) is 5.89 Å². The molecule has 2 heterocycles. The summed E-state index contributed by atoms with van der Waals surface area (Å²) in [5.74, 6) is 0.684. The zero-order valence-corrected chi connectivity index (χ0v) is 10.3. The zero-order chi connectivity index (χ0) is 12.2. The molecule has 2 aromatic rings. The van der Waals surface area contributed by atoms with Crippen molar-refractivity contribution in [1.82, 2.24) is 15.2 Å². The first-order chi connectivity index (χ1) is 8.92. The van der Waals surface area contributed by atoms with Crippen molar-refractivity contribution in [3.8, 4) is 11.5 Å². The van der Waals surface area contributed by atoms with E-state index in [2.05, 4.69) is 39.5 Å². The van der Waals surface area contributed by atoms with Gasteiger partial charge in [-0.15, -0.1) is 0 Å². The van der Waals surface area contributed by atoms with Gasteiger partial charge in [-0.3, -0.25) is 4.90 Å². The lowest BCUT2D eigenvalue weighted by atomic mass is 10.1. The fourth-order valence-electron chi connectivity index (χ4n) is 2.25. The van der Waals surface area contributed by atoms with Gasteiger partial charge in [-0.25, -0.2) is 4.98 Å². The molecule has 1 aliphatic heterocycles. The Morgan fingerprint density at radius 2 is 1.94 bits per heavy atom. The van der Waals surface area contributed by atoms with Crippen LogP contribution in [0.15, 0.2) is 41.1 Å². The molecule has 0 spiro atoms. The van der Waals surface area contributed by atoms with Crippen LogP contribution in [0.3, 0.4) is 0 Å². The summed E-state index contributed by atoms with van der Waals surface area (Å²) in [5.41, 5.74) is 2.37. The summed E-state index contributed by atoms with van der Waals surface area (Å²) >= 11 is 0. The molecular formula is C14H17N3O. The van der Waals surface area contributed by atoms with Crippen LogP contribution in [0.1, 0.15) is 5.56 Å². The maximum Gasteiger partial charge on any atom is 0.225 e. The van der Waals surface area contributed by atoms with E-state index in [0.717, 1.165) is 38.3 Å². The van der Waals surface area contributed by atoms with Crippen LogP contribution >= 0.6 is 0 Å². The second kappa shape index (κ2) is 5.33. The molecule has 18 heavy (non-hydrogen) atoms. The summed E-state index contributed by atoms with van der Waals surface area (Å²) in [5, 5.41) is 3.37. The topological polar surface area (TPSA) is 41.3 Å². The third kappa shape index (κ3) is 2.60. The van der Waals surface area contributed by atoms with Crippen molar-refractivity contribution < 1.29 is 4.42 Å². The lowest BCUT2D eigenvalue weighted by Crippen LogP contribution is -2.42. The maximum atomic E-state index is 5.28. The van der Waals surface area contributed by atoms with Gasteiger partial charge >= 0.3 is 0 Å². The highest BCUT2D eigenvalue weighted by molar-refractivity contribution is 5.53. The van der Waals surface area contributed by atoms with Gasteiger partial charge in [-0.1, -0.05) is 12.1 Å². The molecule has 0 unspecified atom stereocenters. The third-order valence-electron chi connectivity index (χ3n) is 3.25. The first-order valence-electron chi connectivity index (χ1n) is 6.34. The van der Waals surface area contributed by atoms with E-state index in [-0.39, 0.29) is 0 Å². The average Bonchev–Trinajstić information content (AvgIpc) is 2.95. The van der Waals surface area contributed by atoms with E-state index in [1.807, 2.05) is 0 Å². The van der Waals surface area contributed by atoms with Crippen LogP contribution < -0.4 is 5.32 Å². The van der Waals surface area contributed by atoms with Crippen LogP contribution in [-0.4, -0.2) is 36.1 Å². The molecule has 4 heteroatoms. The molecule has 1 N–H and O–H groups in total. The van der Waals surface area contributed by atoms with Gasteiger partial charge in [0, 0.05) is 38.3 Å². The Labute approximate surface area is 107 Å². The molecule has 0 saturated carbocycles. The molecule has 1 saturated heterocycles. The molecular weight excluding hydrogens is 226 g/mol. The van der Waals surface area contributed by atoms with Gasteiger partial charge in [0.1, 0.15) is 6.26 Å². The summed E-state index contributed by atoms with van der Waals surface area (Å²) in [4.78, 5) is 6.62. The predicted molar refractivity (Wildman–Crippen MR) is 70.1 cm³/mol. The van der Waals surface area contributed by atoms with E-state index in [4.69, 9.17) is 4.42 Å². The number of nitrogens with zero attached hydrogens (tertiary/aromatic N) is 2. The summed E-state index contributed by atoms with van der Waals surface area (Å²) in [6.07, 6.45) is 3.27. The van der Waals surface area contributed by atoms with Gasteiger partial charge in [0.05, 0.1) is 6.20 Å². The number of piperazine rings is 1. The minimum atomic E-state index is 0.684. The van der Waals surface area contributed by atoms with Crippen molar-refractivity contribution >= 4 is 0 Å². The number of aromatic nitrogens is 1. The highest BCUT2D eigenvalue weighted by Crippen LogP contribution is 2.18. The first kappa shape index (κ1) is 11.4. The molecule has 3 rings (SSSR count). The number of oxazole rings is 1. The Kier molecular flexibility index (Phi) is 3.39. The fourth-order valence-corrected chi connectivity index (χ4v) is 2.25. The van der Waals surface area contributed by atoms with Gasteiger partial charge in [0.15, 0.2) is 0 Å². The van der Waals surface area contributed by atoms with E-state index >= 15 is 0 Å². The molecule has 1 aromatic heterocycles. The molecule has 0 radical (unpaired) electrons. The van der Waals surface area contributed by atoms with Crippen molar-refractivity contribution in [3.63, 3.8) is 0 Å². The predicted octanol–water partition coefficient (Wildman–Crippen LogP) is 1.75. The largest absolute Gasteiger partial charge is 0.445 e.